The van der Waals surface area contributed by atoms with E-state index in [1.54, 1.807) is 7.11 Å². The van der Waals surface area contributed by atoms with Gasteiger partial charge in [0.2, 0.25) is 0 Å². The van der Waals surface area contributed by atoms with Gasteiger partial charge in [0, 0.05) is 6.54 Å². The lowest BCUT2D eigenvalue weighted by atomic mass is 10.2. The van der Waals surface area contributed by atoms with Gasteiger partial charge in [0.1, 0.15) is 17.3 Å². The van der Waals surface area contributed by atoms with E-state index in [0.29, 0.717) is 0 Å². The van der Waals surface area contributed by atoms with Crippen molar-refractivity contribution in [1.82, 2.24) is 5.32 Å². The minimum absolute atomic E-state index is 0.750. The van der Waals surface area contributed by atoms with Gasteiger partial charge in [-0.3, -0.25) is 0 Å². The predicted octanol–water partition coefficient (Wildman–Crippen LogP) is 2.04. The number of furan rings is 1. The number of carboxylic acids is 2. The van der Waals surface area contributed by atoms with E-state index in [1.807, 2.05) is 31.2 Å². The van der Waals surface area contributed by atoms with Crippen molar-refractivity contribution in [2.45, 2.75) is 20.0 Å². The number of rotatable bonds is 5. The maximum absolute atomic E-state index is 9.10. The molecule has 1 heterocycles. The van der Waals surface area contributed by atoms with Gasteiger partial charge in [0.15, 0.2) is 0 Å². The molecule has 1 aromatic carbocycles. The number of ether oxygens (including phenoxy) is 1. The highest BCUT2D eigenvalue weighted by Crippen LogP contribution is 2.11. The van der Waals surface area contributed by atoms with E-state index in [2.05, 4.69) is 17.4 Å². The third kappa shape index (κ3) is 7.14. The molecule has 124 valence electrons. The first-order valence-electron chi connectivity index (χ1n) is 6.77. The Kier molecular flexibility index (Phi) is 7.35. The molecule has 0 saturated carbocycles. The second kappa shape index (κ2) is 9.26. The first kappa shape index (κ1) is 18.2. The summed E-state index contributed by atoms with van der Waals surface area (Å²) in [5.74, 6) is -0.845. The molecule has 0 atom stereocenters. The normalized spacial score (nSPS) is 9.65. The van der Waals surface area contributed by atoms with Crippen molar-refractivity contribution in [2.24, 2.45) is 0 Å². The van der Waals surface area contributed by atoms with Crippen LogP contribution in [-0.2, 0) is 22.7 Å². The molecule has 0 fully saturated rings. The summed E-state index contributed by atoms with van der Waals surface area (Å²) in [7, 11) is 1.67. The molecule has 2 rings (SSSR count). The molecule has 0 saturated heterocycles. The topological polar surface area (TPSA) is 109 Å². The van der Waals surface area contributed by atoms with E-state index in [1.165, 1.54) is 5.56 Å². The van der Waals surface area contributed by atoms with E-state index >= 15 is 0 Å². The Morgan fingerprint density at radius 1 is 1.04 bits per heavy atom. The molecular weight excluding hydrogens is 302 g/mol. The van der Waals surface area contributed by atoms with Crippen molar-refractivity contribution in [3.8, 4) is 5.75 Å². The summed E-state index contributed by atoms with van der Waals surface area (Å²) in [4.78, 5) is 18.2. The van der Waals surface area contributed by atoms with Crippen molar-refractivity contribution in [1.29, 1.82) is 0 Å². The molecule has 0 aliphatic carbocycles. The van der Waals surface area contributed by atoms with Crippen LogP contribution in [0.4, 0.5) is 0 Å². The van der Waals surface area contributed by atoms with Crippen molar-refractivity contribution in [3.63, 3.8) is 0 Å². The fourth-order valence-corrected chi connectivity index (χ4v) is 1.65. The third-order valence-electron chi connectivity index (χ3n) is 2.77. The van der Waals surface area contributed by atoms with Crippen LogP contribution in [0.3, 0.4) is 0 Å². The molecule has 0 bridgehead atoms. The summed E-state index contributed by atoms with van der Waals surface area (Å²) in [6.45, 7) is 3.52. The quantitative estimate of drug-likeness (QED) is 0.723. The molecule has 0 aliphatic heterocycles. The van der Waals surface area contributed by atoms with Crippen molar-refractivity contribution < 1.29 is 29.0 Å². The molecule has 2 aromatic rings. The highest BCUT2D eigenvalue weighted by atomic mass is 16.5. The van der Waals surface area contributed by atoms with E-state index in [4.69, 9.17) is 29.0 Å². The van der Waals surface area contributed by atoms with E-state index in [-0.39, 0.29) is 0 Å². The zero-order valence-corrected chi connectivity index (χ0v) is 12.9. The first-order valence-corrected chi connectivity index (χ1v) is 6.77. The molecule has 0 radical (unpaired) electrons. The van der Waals surface area contributed by atoms with E-state index in [9.17, 15) is 0 Å². The highest BCUT2D eigenvalue weighted by Gasteiger charge is 2.04. The molecule has 7 nitrogen and oxygen atoms in total. The van der Waals surface area contributed by atoms with Crippen LogP contribution in [-0.4, -0.2) is 29.3 Å². The standard InChI is InChI=1S/C14H17NO2.C2H2O4/c1-11-3-6-14(17-11)10-15-9-12-4-7-13(16-2)8-5-12;3-1(4)2(5)6/h3-8,15H,9-10H2,1-2H3;(H,3,4)(H,5,6). The van der Waals surface area contributed by atoms with Gasteiger partial charge >= 0.3 is 11.9 Å². The SMILES string of the molecule is COc1ccc(CNCc2ccc(C)o2)cc1.O=C(O)C(=O)O. The molecule has 0 unspecified atom stereocenters. The van der Waals surface area contributed by atoms with Gasteiger partial charge in [0.05, 0.1) is 13.7 Å². The Bertz CT molecular complexity index is 620. The lowest BCUT2D eigenvalue weighted by Crippen LogP contribution is -2.11. The van der Waals surface area contributed by atoms with Gasteiger partial charge in [0.25, 0.3) is 0 Å². The average molecular weight is 321 g/mol. The number of methoxy groups -OCH3 is 1. The summed E-state index contributed by atoms with van der Waals surface area (Å²) < 4.78 is 10.6. The monoisotopic (exact) mass is 321 g/mol. The minimum Gasteiger partial charge on any atom is -0.497 e. The van der Waals surface area contributed by atoms with Gasteiger partial charge in [-0.25, -0.2) is 9.59 Å². The molecular formula is C16H19NO6. The largest absolute Gasteiger partial charge is 0.497 e. The number of aryl methyl sites for hydroxylation is 1. The molecule has 1 aromatic heterocycles. The van der Waals surface area contributed by atoms with Gasteiger partial charge in [-0.1, -0.05) is 12.1 Å². The van der Waals surface area contributed by atoms with Crippen LogP contribution in [0.25, 0.3) is 0 Å². The van der Waals surface area contributed by atoms with Gasteiger partial charge < -0.3 is 24.7 Å². The Hall–Kier alpha value is -2.80. The van der Waals surface area contributed by atoms with Crippen LogP contribution in [0.15, 0.2) is 40.8 Å². The highest BCUT2D eigenvalue weighted by molar-refractivity contribution is 6.27. The summed E-state index contributed by atoms with van der Waals surface area (Å²) >= 11 is 0. The van der Waals surface area contributed by atoms with E-state index < -0.39 is 11.9 Å². The summed E-state index contributed by atoms with van der Waals surface area (Å²) in [6.07, 6.45) is 0. The average Bonchev–Trinajstić information content (AvgIpc) is 2.94. The van der Waals surface area contributed by atoms with E-state index in [0.717, 1.165) is 30.4 Å². The Labute approximate surface area is 133 Å². The number of benzene rings is 1. The van der Waals surface area contributed by atoms with Crippen LogP contribution >= 0.6 is 0 Å². The van der Waals surface area contributed by atoms with Crippen molar-refractivity contribution in [3.05, 3.63) is 53.5 Å². The minimum atomic E-state index is -1.82. The smallest absolute Gasteiger partial charge is 0.414 e. The number of carboxylic acid groups (broad SMARTS) is 2. The van der Waals surface area contributed by atoms with Gasteiger partial charge in [-0.05, 0) is 36.8 Å². The second-order valence-corrected chi connectivity index (χ2v) is 4.57. The molecule has 7 heteroatoms. The van der Waals surface area contributed by atoms with Crippen LogP contribution in [0.1, 0.15) is 17.1 Å². The molecule has 0 spiro atoms. The maximum atomic E-state index is 9.10. The third-order valence-corrected chi connectivity index (χ3v) is 2.77. The Morgan fingerprint density at radius 2 is 1.65 bits per heavy atom. The van der Waals surface area contributed by atoms with Crippen LogP contribution < -0.4 is 10.1 Å². The van der Waals surface area contributed by atoms with Crippen molar-refractivity contribution in [2.75, 3.05) is 7.11 Å². The van der Waals surface area contributed by atoms with Crippen LogP contribution in [0.5, 0.6) is 5.75 Å². The van der Waals surface area contributed by atoms with Crippen LogP contribution in [0.2, 0.25) is 0 Å². The summed E-state index contributed by atoms with van der Waals surface area (Å²) in [5, 5.41) is 18.1. The zero-order valence-electron chi connectivity index (χ0n) is 12.9. The molecule has 23 heavy (non-hydrogen) atoms. The van der Waals surface area contributed by atoms with Gasteiger partial charge in [-0.15, -0.1) is 0 Å². The Morgan fingerprint density at radius 3 is 2.09 bits per heavy atom. The molecule has 0 amide bonds. The van der Waals surface area contributed by atoms with Gasteiger partial charge in [-0.2, -0.15) is 0 Å². The number of carbonyl (C=O) groups is 2. The first-order chi connectivity index (χ1) is 10.9. The van der Waals surface area contributed by atoms with Crippen LogP contribution in [0, 0.1) is 6.92 Å². The number of aliphatic carboxylic acids is 2. The molecule has 0 aliphatic rings. The predicted molar refractivity (Wildman–Crippen MR) is 82.3 cm³/mol. The number of hydrogen-bond donors (Lipinski definition) is 3. The summed E-state index contributed by atoms with van der Waals surface area (Å²) in [6, 6.07) is 12.0. The fourth-order valence-electron chi connectivity index (χ4n) is 1.65. The lowest BCUT2D eigenvalue weighted by molar-refractivity contribution is -0.159. The lowest BCUT2D eigenvalue weighted by Gasteiger charge is -2.04. The Balaban J connectivity index is 0.000000379. The summed E-state index contributed by atoms with van der Waals surface area (Å²) in [5.41, 5.74) is 1.23. The maximum Gasteiger partial charge on any atom is 0.414 e. The fraction of sp³-hybridized carbons (Fsp3) is 0.250. The van der Waals surface area contributed by atoms with Crippen molar-refractivity contribution >= 4 is 11.9 Å². The number of hydrogen-bond acceptors (Lipinski definition) is 5. The number of nitrogens with one attached hydrogen (secondary N) is 1. The second-order valence-electron chi connectivity index (χ2n) is 4.57. The molecule has 3 N–H and O–H groups in total. The zero-order chi connectivity index (χ0) is 17.2.